The van der Waals surface area contributed by atoms with Crippen LogP contribution >= 0.6 is 11.3 Å². The van der Waals surface area contributed by atoms with E-state index in [1.54, 1.807) is 33.3 Å². The third kappa shape index (κ3) is 7.19. The number of para-hydroxylation sites is 1. The molecule has 1 aliphatic rings. The van der Waals surface area contributed by atoms with E-state index in [-0.39, 0.29) is 30.3 Å². The van der Waals surface area contributed by atoms with Crippen molar-refractivity contribution in [2.24, 2.45) is 0 Å². The summed E-state index contributed by atoms with van der Waals surface area (Å²) in [7, 11) is 0. The van der Waals surface area contributed by atoms with Crippen molar-refractivity contribution in [2.45, 2.75) is 71.5 Å². The SMILES string of the molecule is CCc1ccccc1NC(=O)N(CC(=O)N(Cc1ccc(F)cc1)Cc1sccc1C)C1CCCCC1. The molecule has 3 amide bonds. The van der Waals surface area contributed by atoms with Gasteiger partial charge in [0.1, 0.15) is 12.4 Å². The highest BCUT2D eigenvalue weighted by Crippen LogP contribution is 2.25. The van der Waals surface area contributed by atoms with Crippen molar-refractivity contribution >= 4 is 29.0 Å². The lowest BCUT2D eigenvalue weighted by atomic mass is 9.94. The van der Waals surface area contributed by atoms with Crippen LogP contribution in [-0.4, -0.2) is 34.3 Å². The number of amides is 3. The van der Waals surface area contributed by atoms with Gasteiger partial charge in [0.25, 0.3) is 0 Å². The van der Waals surface area contributed by atoms with E-state index in [2.05, 4.69) is 12.2 Å². The Bertz CT molecular complexity index is 1190. The topological polar surface area (TPSA) is 52.7 Å². The Morgan fingerprint density at radius 3 is 2.41 bits per heavy atom. The standard InChI is InChI=1S/C30H36FN3O2S/c1-3-24-9-7-8-12-27(24)32-30(36)34(26-10-5-4-6-11-26)21-29(35)33(20-28-22(2)17-18-37-28)19-23-13-15-25(31)16-14-23/h7-9,12-18,26H,3-6,10-11,19-21H2,1-2H3,(H,32,36). The number of nitrogens with zero attached hydrogens (tertiary/aromatic N) is 2. The number of rotatable bonds is 9. The summed E-state index contributed by atoms with van der Waals surface area (Å²) in [5, 5.41) is 5.12. The van der Waals surface area contributed by atoms with E-state index in [1.165, 1.54) is 12.1 Å². The summed E-state index contributed by atoms with van der Waals surface area (Å²) in [5.74, 6) is -0.412. The lowest BCUT2D eigenvalue weighted by molar-refractivity contribution is -0.133. The number of urea groups is 1. The van der Waals surface area contributed by atoms with Crippen LogP contribution in [0.25, 0.3) is 0 Å². The summed E-state index contributed by atoms with van der Waals surface area (Å²) in [4.78, 5) is 32.1. The maximum absolute atomic E-state index is 13.8. The van der Waals surface area contributed by atoms with E-state index in [0.717, 1.165) is 65.8 Å². The van der Waals surface area contributed by atoms with Gasteiger partial charge in [0.2, 0.25) is 5.91 Å². The Morgan fingerprint density at radius 2 is 1.73 bits per heavy atom. The predicted octanol–water partition coefficient (Wildman–Crippen LogP) is 7.15. The molecule has 0 unspecified atom stereocenters. The molecule has 0 bridgehead atoms. The van der Waals surface area contributed by atoms with Crippen LogP contribution < -0.4 is 5.32 Å². The van der Waals surface area contributed by atoms with Crippen LogP contribution in [0.1, 0.15) is 60.6 Å². The maximum Gasteiger partial charge on any atom is 0.322 e. The number of nitrogens with one attached hydrogen (secondary N) is 1. The molecule has 3 aromatic rings. The predicted molar refractivity (Wildman–Crippen MR) is 148 cm³/mol. The largest absolute Gasteiger partial charge is 0.332 e. The van der Waals surface area contributed by atoms with Crippen LogP contribution in [0.2, 0.25) is 0 Å². The molecule has 1 saturated carbocycles. The fourth-order valence-electron chi connectivity index (χ4n) is 4.92. The Labute approximate surface area is 223 Å². The number of hydrogen-bond acceptors (Lipinski definition) is 3. The Hall–Kier alpha value is -3.19. The fraction of sp³-hybridized carbons (Fsp3) is 0.400. The van der Waals surface area contributed by atoms with Crippen molar-refractivity contribution in [3.63, 3.8) is 0 Å². The fourth-order valence-corrected chi connectivity index (χ4v) is 5.85. The highest BCUT2D eigenvalue weighted by molar-refractivity contribution is 7.10. The lowest BCUT2D eigenvalue weighted by Gasteiger charge is -2.35. The van der Waals surface area contributed by atoms with Crippen molar-refractivity contribution in [1.29, 1.82) is 0 Å². The summed E-state index contributed by atoms with van der Waals surface area (Å²) < 4.78 is 13.5. The first-order valence-corrected chi connectivity index (χ1v) is 14.0. The number of anilines is 1. The van der Waals surface area contributed by atoms with E-state index >= 15 is 0 Å². The van der Waals surface area contributed by atoms with Crippen molar-refractivity contribution in [2.75, 3.05) is 11.9 Å². The van der Waals surface area contributed by atoms with Crippen molar-refractivity contribution in [3.05, 3.63) is 87.4 Å². The summed E-state index contributed by atoms with van der Waals surface area (Å²) in [6, 6.07) is 15.9. The number of aryl methyl sites for hydroxylation is 2. The van der Waals surface area contributed by atoms with E-state index in [9.17, 15) is 14.0 Å². The Balaban J connectivity index is 1.56. The first-order chi connectivity index (χ1) is 17.9. The first-order valence-electron chi connectivity index (χ1n) is 13.1. The Morgan fingerprint density at radius 1 is 1.00 bits per heavy atom. The minimum Gasteiger partial charge on any atom is -0.332 e. The van der Waals surface area contributed by atoms with Gasteiger partial charge >= 0.3 is 6.03 Å². The number of carbonyl (C=O) groups excluding carboxylic acids is 2. The number of thiophene rings is 1. The summed E-state index contributed by atoms with van der Waals surface area (Å²) in [6.07, 6.45) is 5.89. The van der Waals surface area contributed by atoms with Crippen LogP contribution in [0.15, 0.2) is 60.0 Å². The van der Waals surface area contributed by atoms with Crippen LogP contribution in [-0.2, 0) is 24.3 Å². The van der Waals surface area contributed by atoms with Crippen LogP contribution in [0.4, 0.5) is 14.9 Å². The molecule has 1 N–H and O–H groups in total. The minimum absolute atomic E-state index is 0.0103. The van der Waals surface area contributed by atoms with Gasteiger partial charge in [-0.1, -0.05) is 56.5 Å². The zero-order chi connectivity index (χ0) is 26.2. The molecule has 1 heterocycles. The van der Waals surface area contributed by atoms with Gasteiger partial charge in [0, 0.05) is 23.2 Å². The summed E-state index contributed by atoms with van der Waals surface area (Å²) in [6.45, 7) is 4.93. The van der Waals surface area contributed by atoms with E-state index in [0.29, 0.717) is 13.1 Å². The maximum atomic E-state index is 13.8. The molecule has 7 heteroatoms. The third-order valence-corrected chi connectivity index (χ3v) is 8.17. The smallest absolute Gasteiger partial charge is 0.322 e. The van der Waals surface area contributed by atoms with E-state index in [1.807, 2.05) is 42.6 Å². The van der Waals surface area contributed by atoms with Crippen molar-refractivity contribution < 1.29 is 14.0 Å². The molecule has 0 atom stereocenters. The second-order valence-electron chi connectivity index (χ2n) is 9.76. The monoisotopic (exact) mass is 521 g/mol. The molecular formula is C30H36FN3O2S. The molecule has 37 heavy (non-hydrogen) atoms. The zero-order valence-electron chi connectivity index (χ0n) is 21.7. The van der Waals surface area contributed by atoms with Gasteiger partial charge in [-0.3, -0.25) is 4.79 Å². The lowest BCUT2D eigenvalue weighted by Crippen LogP contribution is -2.49. The molecule has 2 aromatic carbocycles. The number of halogens is 1. The second kappa shape index (κ2) is 12.9. The first kappa shape index (κ1) is 26.9. The van der Waals surface area contributed by atoms with E-state index < -0.39 is 0 Å². The normalized spacial score (nSPS) is 13.8. The molecule has 1 aliphatic carbocycles. The number of hydrogen-bond donors (Lipinski definition) is 1. The van der Waals surface area contributed by atoms with Gasteiger partial charge in [-0.25, -0.2) is 9.18 Å². The second-order valence-corrected chi connectivity index (χ2v) is 10.8. The molecule has 0 saturated heterocycles. The zero-order valence-corrected chi connectivity index (χ0v) is 22.5. The minimum atomic E-state index is -0.303. The highest BCUT2D eigenvalue weighted by atomic mass is 32.1. The number of carbonyl (C=O) groups is 2. The van der Waals surface area contributed by atoms with Crippen LogP contribution in [0.3, 0.4) is 0 Å². The molecule has 0 spiro atoms. The van der Waals surface area contributed by atoms with Gasteiger partial charge < -0.3 is 15.1 Å². The molecule has 0 aliphatic heterocycles. The average molecular weight is 522 g/mol. The van der Waals surface area contributed by atoms with Gasteiger partial charge in [-0.15, -0.1) is 11.3 Å². The Kier molecular flexibility index (Phi) is 9.34. The molecule has 0 radical (unpaired) electrons. The average Bonchev–Trinajstić information content (AvgIpc) is 3.32. The van der Waals surface area contributed by atoms with Crippen LogP contribution in [0, 0.1) is 12.7 Å². The molecule has 5 nitrogen and oxygen atoms in total. The van der Waals surface area contributed by atoms with Crippen molar-refractivity contribution in [3.8, 4) is 0 Å². The molecule has 4 rings (SSSR count). The summed E-state index contributed by atoms with van der Waals surface area (Å²) >= 11 is 1.62. The van der Waals surface area contributed by atoms with E-state index in [4.69, 9.17) is 0 Å². The summed E-state index contributed by atoms with van der Waals surface area (Å²) in [5.41, 5.74) is 3.85. The number of benzene rings is 2. The molecule has 1 aromatic heterocycles. The third-order valence-electron chi connectivity index (χ3n) is 7.16. The van der Waals surface area contributed by atoms with Crippen molar-refractivity contribution in [1.82, 2.24) is 9.80 Å². The molecule has 196 valence electrons. The van der Waals surface area contributed by atoms with Gasteiger partial charge in [-0.2, -0.15) is 0 Å². The van der Waals surface area contributed by atoms with Gasteiger partial charge in [-0.05, 0) is 72.5 Å². The molecular weight excluding hydrogens is 485 g/mol. The van der Waals surface area contributed by atoms with Gasteiger partial charge in [0.15, 0.2) is 0 Å². The van der Waals surface area contributed by atoms with Crippen LogP contribution in [0.5, 0.6) is 0 Å². The quantitative estimate of drug-likeness (QED) is 0.325. The van der Waals surface area contributed by atoms with Gasteiger partial charge in [0.05, 0.1) is 6.54 Å². The molecule has 1 fully saturated rings. The highest BCUT2D eigenvalue weighted by Gasteiger charge is 2.30.